The van der Waals surface area contributed by atoms with E-state index < -0.39 is 49.5 Å². The van der Waals surface area contributed by atoms with Crippen LogP contribution in [0.4, 0.5) is 0 Å². The maximum absolute atomic E-state index is 13.1. The standard InChI is InChI=1S/C67H125NO8/c1-3-5-7-9-11-13-15-17-19-21-23-25-27-29-30-31-33-34-36-38-40-42-44-46-48-50-52-54-56-61(70)60(59-75-67-66(74)65(73)64(72)62(58-69)76-67)68-63(71)57-55-53-51-49-47-45-43-41-39-37-35-32-28-26-24-22-20-18-16-14-12-10-8-6-4-2/h22,24,38,40,46,48,54,56,60-62,64-67,69-70,72-74H,3-21,23,25-37,39,41-45,47,49-53,55,57-59H2,1-2H3,(H,68,71)/b24-22-,40-38+,48-46+,56-54+. The average molecular weight is 1070 g/mol. The molecule has 1 heterocycles. The van der Waals surface area contributed by atoms with E-state index in [1.165, 1.54) is 250 Å². The highest BCUT2D eigenvalue weighted by Crippen LogP contribution is 2.23. The fourth-order valence-corrected chi connectivity index (χ4v) is 10.4. The van der Waals surface area contributed by atoms with Crippen LogP contribution < -0.4 is 5.32 Å². The van der Waals surface area contributed by atoms with E-state index in [4.69, 9.17) is 9.47 Å². The largest absolute Gasteiger partial charge is 0.394 e. The van der Waals surface area contributed by atoms with Gasteiger partial charge in [0.05, 0.1) is 25.4 Å². The van der Waals surface area contributed by atoms with Crippen LogP contribution in [0.3, 0.4) is 0 Å². The van der Waals surface area contributed by atoms with Crippen molar-refractivity contribution in [3.8, 4) is 0 Å². The predicted molar refractivity (Wildman–Crippen MR) is 323 cm³/mol. The summed E-state index contributed by atoms with van der Waals surface area (Å²) in [6.45, 7) is 3.80. The van der Waals surface area contributed by atoms with Gasteiger partial charge in [0.15, 0.2) is 6.29 Å². The Morgan fingerprint density at radius 3 is 1.11 bits per heavy atom. The van der Waals surface area contributed by atoms with Gasteiger partial charge in [-0.1, -0.05) is 287 Å². The molecule has 7 atom stereocenters. The van der Waals surface area contributed by atoms with E-state index in [9.17, 15) is 30.3 Å². The molecule has 7 unspecified atom stereocenters. The summed E-state index contributed by atoms with van der Waals surface area (Å²) in [7, 11) is 0. The van der Waals surface area contributed by atoms with Crippen LogP contribution in [0.2, 0.25) is 0 Å². The van der Waals surface area contributed by atoms with Crippen molar-refractivity contribution in [2.45, 2.75) is 358 Å². The molecule has 0 aliphatic carbocycles. The van der Waals surface area contributed by atoms with E-state index in [1.54, 1.807) is 6.08 Å². The first-order valence-corrected chi connectivity index (χ1v) is 32.9. The first-order chi connectivity index (χ1) is 37.3. The van der Waals surface area contributed by atoms with E-state index in [-0.39, 0.29) is 12.5 Å². The number of carbonyl (C=O) groups excluding carboxylic acids is 1. The number of aliphatic hydroxyl groups is 5. The van der Waals surface area contributed by atoms with Crippen LogP contribution in [0.5, 0.6) is 0 Å². The van der Waals surface area contributed by atoms with Crippen LogP contribution in [-0.4, -0.2) is 87.5 Å². The van der Waals surface area contributed by atoms with Gasteiger partial charge in [-0.2, -0.15) is 0 Å². The molecule has 0 aromatic heterocycles. The molecule has 0 aromatic rings. The minimum atomic E-state index is -1.58. The Labute approximate surface area is 469 Å². The predicted octanol–water partition coefficient (Wildman–Crippen LogP) is 17.2. The molecule has 1 saturated heterocycles. The van der Waals surface area contributed by atoms with Crippen molar-refractivity contribution in [3.63, 3.8) is 0 Å². The third-order valence-electron chi connectivity index (χ3n) is 15.6. The lowest BCUT2D eigenvalue weighted by Crippen LogP contribution is -2.60. The summed E-state index contributed by atoms with van der Waals surface area (Å²) < 4.78 is 11.3. The molecule has 446 valence electrons. The molecule has 0 radical (unpaired) electrons. The van der Waals surface area contributed by atoms with E-state index in [1.807, 2.05) is 6.08 Å². The fraction of sp³-hybridized carbons (Fsp3) is 0.866. The van der Waals surface area contributed by atoms with Crippen LogP contribution in [-0.2, 0) is 14.3 Å². The van der Waals surface area contributed by atoms with Crippen molar-refractivity contribution < 1.29 is 39.8 Å². The maximum Gasteiger partial charge on any atom is 0.220 e. The summed E-state index contributed by atoms with van der Waals surface area (Å²) in [5.74, 6) is -0.187. The summed E-state index contributed by atoms with van der Waals surface area (Å²) in [4.78, 5) is 13.1. The summed E-state index contributed by atoms with van der Waals surface area (Å²) in [6, 6.07) is -0.830. The van der Waals surface area contributed by atoms with Gasteiger partial charge in [-0.3, -0.25) is 4.79 Å². The number of nitrogens with one attached hydrogen (secondary N) is 1. The number of carbonyl (C=O) groups is 1. The van der Waals surface area contributed by atoms with E-state index in [0.29, 0.717) is 6.42 Å². The number of allylic oxidation sites excluding steroid dienone is 7. The molecule has 1 amide bonds. The fourth-order valence-electron chi connectivity index (χ4n) is 10.4. The molecule has 6 N–H and O–H groups in total. The topological polar surface area (TPSA) is 149 Å². The number of ether oxygens (including phenoxy) is 2. The maximum atomic E-state index is 13.1. The van der Waals surface area contributed by atoms with Gasteiger partial charge < -0.3 is 40.3 Å². The van der Waals surface area contributed by atoms with E-state index in [2.05, 4.69) is 55.6 Å². The van der Waals surface area contributed by atoms with Crippen molar-refractivity contribution in [3.05, 3.63) is 48.6 Å². The monoisotopic (exact) mass is 1070 g/mol. The third-order valence-corrected chi connectivity index (χ3v) is 15.6. The Kier molecular flexibility index (Phi) is 53.6. The number of aliphatic hydroxyl groups excluding tert-OH is 5. The molecule has 0 aromatic carbocycles. The Bertz CT molecular complexity index is 1340. The van der Waals surface area contributed by atoms with Crippen molar-refractivity contribution in [1.82, 2.24) is 5.32 Å². The molecule has 1 aliphatic heterocycles. The number of hydrogen-bond donors (Lipinski definition) is 6. The summed E-state index contributed by atoms with van der Waals surface area (Å²) in [6.07, 6.45) is 69.2. The van der Waals surface area contributed by atoms with Crippen LogP contribution in [0.15, 0.2) is 48.6 Å². The zero-order chi connectivity index (χ0) is 55.0. The van der Waals surface area contributed by atoms with Gasteiger partial charge in [0.1, 0.15) is 24.4 Å². The molecule has 9 nitrogen and oxygen atoms in total. The lowest BCUT2D eigenvalue weighted by molar-refractivity contribution is -0.302. The first kappa shape index (κ1) is 72.2. The molecule has 0 bridgehead atoms. The SMILES string of the molecule is CCCCCCCCCC/C=C\CCCCCCCCCCCCCCCC(=O)NC(COC1OC(CO)C(O)C(O)C1O)C(O)/C=C/CC/C=C/CC/C=C/CCCCCCCCCCCCCCCCCCCC. The average Bonchev–Trinajstić information content (AvgIpc) is 3.42. The normalized spacial score (nSPS) is 19.1. The van der Waals surface area contributed by atoms with Crippen molar-refractivity contribution in [1.29, 1.82) is 0 Å². The molecule has 0 spiro atoms. The minimum Gasteiger partial charge on any atom is -0.394 e. The summed E-state index contributed by atoms with van der Waals surface area (Å²) >= 11 is 0. The second-order valence-corrected chi connectivity index (χ2v) is 22.9. The van der Waals surface area contributed by atoms with E-state index >= 15 is 0 Å². The third kappa shape index (κ3) is 44.9. The Morgan fingerprint density at radius 1 is 0.434 bits per heavy atom. The quantitative estimate of drug-likeness (QED) is 0.0261. The van der Waals surface area contributed by atoms with E-state index in [0.717, 1.165) is 44.9 Å². The number of unbranched alkanes of at least 4 members (excludes halogenated alkanes) is 41. The zero-order valence-corrected chi connectivity index (χ0v) is 49.8. The van der Waals surface area contributed by atoms with Crippen molar-refractivity contribution in [2.75, 3.05) is 13.2 Å². The van der Waals surface area contributed by atoms with Crippen molar-refractivity contribution >= 4 is 5.91 Å². The van der Waals surface area contributed by atoms with Crippen LogP contribution in [0, 0.1) is 0 Å². The number of hydrogen-bond acceptors (Lipinski definition) is 8. The zero-order valence-electron chi connectivity index (χ0n) is 49.8. The lowest BCUT2D eigenvalue weighted by Gasteiger charge is -2.40. The molecule has 0 saturated carbocycles. The summed E-state index contributed by atoms with van der Waals surface area (Å²) in [5.41, 5.74) is 0. The summed E-state index contributed by atoms with van der Waals surface area (Å²) in [5, 5.41) is 54.6. The molecule has 9 heteroatoms. The Morgan fingerprint density at radius 2 is 0.750 bits per heavy atom. The van der Waals surface area contributed by atoms with Crippen LogP contribution in [0.25, 0.3) is 0 Å². The smallest absolute Gasteiger partial charge is 0.220 e. The number of rotatable bonds is 57. The second-order valence-electron chi connectivity index (χ2n) is 22.9. The first-order valence-electron chi connectivity index (χ1n) is 32.9. The molecule has 1 fully saturated rings. The Hall–Kier alpha value is -1.85. The van der Waals surface area contributed by atoms with Gasteiger partial charge in [0.2, 0.25) is 5.91 Å². The molecule has 76 heavy (non-hydrogen) atoms. The van der Waals surface area contributed by atoms with Crippen molar-refractivity contribution in [2.24, 2.45) is 0 Å². The van der Waals surface area contributed by atoms with Gasteiger partial charge in [-0.25, -0.2) is 0 Å². The molecular weight excluding hydrogens is 947 g/mol. The van der Waals surface area contributed by atoms with Gasteiger partial charge in [-0.15, -0.1) is 0 Å². The van der Waals surface area contributed by atoms with Crippen LogP contribution in [0.1, 0.15) is 316 Å². The highest BCUT2D eigenvalue weighted by atomic mass is 16.7. The molecule has 1 rings (SSSR count). The van der Waals surface area contributed by atoms with Gasteiger partial charge in [0.25, 0.3) is 0 Å². The van der Waals surface area contributed by atoms with Gasteiger partial charge in [-0.05, 0) is 70.6 Å². The second kappa shape index (κ2) is 56.4. The lowest BCUT2D eigenvalue weighted by atomic mass is 9.99. The number of amides is 1. The highest BCUT2D eigenvalue weighted by Gasteiger charge is 2.44. The van der Waals surface area contributed by atoms with Gasteiger partial charge in [0, 0.05) is 6.42 Å². The molecular formula is C67H125NO8. The van der Waals surface area contributed by atoms with Gasteiger partial charge >= 0.3 is 0 Å². The Balaban J connectivity index is 2.20. The highest BCUT2D eigenvalue weighted by molar-refractivity contribution is 5.76. The van der Waals surface area contributed by atoms with Crippen LogP contribution >= 0.6 is 0 Å². The minimum absolute atomic E-state index is 0.187. The molecule has 1 aliphatic rings.